The summed E-state index contributed by atoms with van der Waals surface area (Å²) in [6.07, 6.45) is 6.17. The molecular weight excluding hydrogens is 350 g/mol. The van der Waals surface area contributed by atoms with Gasteiger partial charge in [0, 0.05) is 5.41 Å². The molecule has 4 rings (SSSR count). The summed E-state index contributed by atoms with van der Waals surface area (Å²) >= 11 is 0. The van der Waals surface area contributed by atoms with Crippen molar-refractivity contribution in [1.29, 1.82) is 0 Å². The molecule has 142 valence electrons. The molecular formula is C20H27NO4S. The van der Waals surface area contributed by atoms with Gasteiger partial charge in [-0.2, -0.15) is 8.42 Å². The van der Waals surface area contributed by atoms with Gasteiger partial charge in [-0.1, -0.05) is 25.1 Å². The highest BCUT2D eigenvalue weighted by molar-refractivity contribution is 7.86. The first kappa shape index (κ1) is 17.8. The van der Waals surface area contributed by atoms with Gasteiger partial charge in [-0.15, -0.1) is 0 Å². The standard InChI is InChI=1S/C20H27NO4S/c1-12-11-20(2)17(8-9-18(20)21-22)16-6-4-13-10-14(25-26(3,23)24)5-7-15(13)19(12)16/h5,7,10,12,16-17,19,22H,4,6,8-9,11H2,1-3H3/b21-18-/t12-,16-,17-,19+,20-/m0/s1. The van der Waals surface area contributed by atoms with Crippen molar-refractivity contribution in [3.63, 3.8) is 0 Å². The minimum absolute atomic E-state index is 0.0200. The van der Waals surface area contributed by atoms with Crippen LogP contribution in [0.1, 0.15) is 56.6 Å². The average Bonchev–Trinajstić information content (AvgIpc) is 2.88. The normalized spacial score (nSPS) is 37.7. The fourth-order valence-electron chi connectivity index (χ4n) is 6.29. The van der Waals surface area contributed by atoms with Crippen LogP contribution < -0.4 is 4.18 Å². The maximum absolute atomic E-state index is 11.4. The van der Waals surface area contributed by atoms with Crippen molar-refractivity contribution >= 4 is 15.8 Å². The van der Waals surface area contributed by atoms with Gasteiger partial charge in [-0.3, -0.25) is 0 Å². The van der Waals surface area contributed by atoms with E-state index in [1.54, 1.807) is 6.07 Å². The molecule has 26 heavy (non-hydrogen) atoms. The first-order valence-corrected chi connectivity index (χ1v) is 11.3. The molecule has 0 heterocycles. The molecule has 1 N–H and O–H groups in total. The van der Waals surface area contributed by atoms with E-state index in [2.05, 4.69) is 25.1 Å². The van der Waals surface area contributed by atoms with Gasteiger partial charge in [-0.05, 0) is 79.0 Å². The Morgan fingerprint density at radius 1 is 1.27 bits per heavy atom. The fraction of sp³-hybridized carbons (Fsp3) is 0.650. The minimum atomic E-state index is -3.50. The third-order valence-electron chi connectivity index (χ3n) is 7.10. The first-order chi connectivity index (χ1) is 12.2. The molecule has 0 aliphatic heterocycles. The van der Waals surface area contributed by atoms with Crippen molar-refractivity contribution in [3.05, 3.63) is 29.3 Å². The van der Waals surface area contributed by atoms with Crippen molar-refractivity contribution in [2.75, 3.05) is 6.26 Å². The lowest BCUT2D eigenvalue weighted by Crippen LogP contribution is -2.46. The van der Waals surface area contributed by atoms with Gasteiger partial charge in [0.25, 0.3) is 0 Å². The lowest BCUT2D eigenvalue weighted by atomic mass is 9.52. The highest BCUT2D eigenvalue weighted by Crippen LogP contribution is 2.61. The smallest absolute Gasteiger partial charge is 0.306 e. The van der Waals surface area contributed by atoms with Crippen molar-refractivity contribution in [1.82, 2.24) is 0 Å². The van der Waals surface area contributed by atoms with Gasteiger partial charge in [0.2, 0.25) is 0 Å². The highest BCUT2D eigenvalue weighted by atomic mass is 32.2. The largest absolute Gasteiger partial charge is 0.411 e. The molecule has 1 aromatic carbocycles. The van der Waals surface area contributed by atoms with E-state index in [0.717, 1.165) is 44.1 Å². The van der Waals surface area contributed by atoms with E-state index in [0.29, 0.717) is 29.4 Å². The number of aryl methyl sites for hydroxylation is 1. The lowest BCUT2D eigenvalue weighted by molar-refractivity contribution is 0.0550. The van der Waals surface area contributed by atoms with Gasteiger partial charge in [0.1, 0.15) is 5.75 Å². The van der Waals surface area contributed by atoms with Crippen molar-refractivity contribution in [2.24, 2.45) is 28.3 Å². The van der Waals surface area contributed by atoms with Crippen LogP contribution in [0.5, 0.6) is 5.75 Å². The quantitative estimate of drug-likeness (QED) is 0.481. The monoisotopic (exact) mass is 377 g/mol. The Hall–Kier alpha value is -1.56. The van der Waals surface area contributed by atoms with Gasteiger partial charge in [0.05, 0.1) is 12.0 Å². The molecule has 2 fully saturated rings. The molecule has 0 amide bonds. The molecule has 0 spiro atoms. The maximum Gasteiger partial charge on any atom is 0.306 e. The van der Waals surface area contributed by atoms with Gasteiger partial charge in [0.15, 0.2) is 0 Å². The van der Waals surface area contributed by atoms with E-state index in [4.69, 9.17) is 4.18 Å². The Morgan fingerprint density at radius 3 is 2.73 bits per heavy atom. The molecule has 0 bridgehead atoms. The van der Waals surface area contributed by atoms with Crippen LogP contribution in [0, 0.1) is 23.2 Å². The predicted molar refractivity (Wildman–Crippen MR) is 100 cm³/mol. The summed E-state index contributed by atoms with van der Waals surface area (Å²) in [5.41, 5.74) is 3.57. The number of hydrogen-bond acceptors (Lipinski definition) is 5. The zero-order valence-electron chi connectivity index (χ0n) is 15.6. The summed E-state index contributed by atoms with van der Waals surface area (Å²) in [6, 6.07) is 5.77. The Bertz CT molecular complexity index is 863. The molecule has 0 aromatic heterocycles. The molecule has 3 aliphatic carbocycles. The van der Waals surface area contributed by atoms with E-state index in [1.807, 2.05) is 6.07 Å². The SMILES string of the molecule is C[C@H]1C[C@]2(C)/C(=N\O)CC[C@H]2[C@@H]2CCc3cc(OS(C)(=O)=O)ccc3[C@H]21. The lowest BCUT2D eigenvalue weighted by Gasteiger charge is -2.52. The van der Waals surface area contributed by atoms with Crippen molar-refractivity contribution in [2.45, 2.75) is 51.9 Å². The van der Waals surface area contributed by atoms with E-state index in [1.165, 1.54) is 11.1 Å². The zero-order valence-corrected chi connectivity index (χ0v) is 16.4. The number of hydrogen-bond donors (Lipinski definition) is 1. The molecule has 2 saturated carbocycles. The second kappa shape index (κ2) is 5.98. The van der Waals surface area contributed by atoms with Gasteiger partial charge in [-0.25, -0.2) is 0 Å². The summed E-state index contributed by atoms with van der Waals surface area (Å²) in [4.78, 5) is 0. The van der Waals surface area contributed by atoms with Gasteiger partial charge >= 0.3 is 10.1 Å². The van der Waals surface area contributed by atoms with Crippen LogP contribution in [0.2, 0.25) is 0 Å². The summed E-state index contributed by atoms with van der Waals surface area (Å²) in [5.74, 6) is 2.56. The summed E-state index contributed by atoms with van der Waals surface area (Å²) < 4.78 is 27.9. The van der Waals surface area contributed by atoms with Crippen LogP contribution in [0.25, 0.3) is 0 Å². The first-order valence-electron chi connectivity index (χ1n) is 9.46. The molecule has 5 atom stereocenters. The van der Waals surface area contributed by atoms with E-state index < -0.39 is 10.1 Å². The van der Waals surface area contributed by atoms with E-state index in [-0.39, 0.29) is 5.41 Å². The van der Waals surface area contributed by atoms with Crippen LogP contribution in [0.15, 0.2) is 23.4 Å². The molecule has 0 saturated heterocycles. The van der Waals surface area contributed by atoms with Crippen molar-refractivity contribution < 1.29 is 17.8 Å². The Morgan fingerprint density at radius 2 is 2.04 bits per heavy atom. The average molecular weight is 378 g/mol. The number of benzene rings is 1. The molecule has 1 aromatic rings. The number of oxime groups is 1. The van der Waals surface area contributed by atoms with Crippen LogP contribution in [-0.2, 0) is 16.5 Å². The molecule has 5 nitrogen and oxygen atoms in total. The van der Waals surface area contributed by atoms with Crippen LogP contribution in [0.3, 0.4) is 0 Å². The molecule has 0 radical (unpaired) electrons. The third kappa shape index (κ3) is 2.73. The molecule has 0 unspecified atom stereocenters. The second-order valence-corrected chi connectivity index (χ2v) is 10.2. The van der Waals surface area contributed by atoms with E-state index >= 15 is 0 Å². The molecule has 3 aliphatic rings. The number of fused-ring (bicyclic) bond motifs is 5. The predicted octanol–water partition coefficient (Wildman–Crippen LogP) is 3.96. The second-order valence-electron chi connectivity index (χ2n) is 8.67. The Balaban J connectivity index is 1.69. The highest BCUT2D eigenvalue weighted by Gasteiger charge is 2.56. The summed E-state index contributed by atoms with van der Waals surface area (Å²) in [6.45, 7) is 4.59. The van der Waals surface area contributed by atoms with Crippen molar-refractivity contribution in [3.8, 4) is 5.75 Å². The van der Waals surface area contributed by atoms with Crippen LogP contribution >= 0.6 is 0 Å². The van der Waals surface area contributed by atoms with Gasteiger partial charge < -0.3 is 9.39 Å². The number of nitrogens with zero attached hydrogens (tertiary/aromatic N) is 1. The topological polar surface area (TPSA) is 76.0 Å². The Labute approximate surface area is 155 Å². The minimum Gasteiger partial charge on any atom is -0.411 e. The van der Waals surface area contributed by atoms with Crippen LogP contribution in [-0.4, -0.2) is 25.6 Å². The Kier molecular flexibility index (Phi) is 4.10. The number of rotatable bonds is 2. The summed E-state index contributed by atoms with van der Waals surface area (Å²) in [7, 11) is -3.50. The summed E-state index contributed by atoms with van der Waals surface area (Å²) in [5, 5.41) is 13.1. The van der Waals surface area contributed by atoms with E-state index in [9.17, 15) is 13.6 Å². The maximum atomic E-state index is 11.4. The van der Waals surface area contributed by atoms with Crippen LogP contribution in [0.4, 0.5) is 0 Å². The zero-order chi connectivity index (χ0) is 18.7. The third-order valence-corrected chi connectivity index (χ3v) is 7.59. The molecule has 6 heteroatoms. The fourth-order valence-corrected chi connectivity index (χ4v) is 6.74.